The van der Waals surface area contributed by atoms with Crippen molar-refractivity contribution in [3.05, 3.63) is 28.3 Å². The minimum Gasteiger partial charge on any atom is -0.487 e. The van der Waals surface area contributed by atoms with Crippen molar-refractivity contribution in [1.29, 1.82) is 0 Å². The molecule has 0 aliphatic carbocycles. The van der Waals surface area contributed by atoms with Crippen LogP contribution in [0.4, 0.5) is 11.4 Å². The molecule has 0 saturated carbocycles. The van der Waals surface area contributed by atoms with Gasteiger partial charge >= 0.3 is 5.69 Å². The molecular weight excluding hydrogens is 224 g/mol. The van der Waals surface area contributed by atoms with E-state index in [1.165, 1.54) is 19.1 Å². The molecular formula is C11H14N2O4. The van der Waals surface area contributed by atoms with Gasteiger partial charge in [-0.1, -0.05) is 6.92 Å². The Balaban J connectivity index is 2.99. The number of nitro benzene ring substituents is 1. The van der Waals surface area contributed by atoms with E-state index in [4.69, 9.17) is 4.74 Å². The van der Waals surface area contributed by atoms with E-state index in [2.05, 4.69) is 5.32 Å². The Morgan fingerprint density at radius 1 is 1.53 bits per heavy atom. The molecule has 1 aromatic rings. The molecule has 0 bridgehead atoms. The number of amides is 1. The van der Waals surface area contributed by atoms with Crippen LogP contribution in [0.2, 0.25) is 0 Å². The van der Waals surface area contributed by atoms with Crippen molar-refractivity contribution in [3.63, 3.8) is 0 Å². The average Bonchev–Trinajstić information content (AvgIpc) is 2.26. The van der Waals surface area contributed by atoms with Crippen LogP contribution < -0.4 is 10.1 Å². The monoisotopic (exact) mass is 238 g/mol. The van der Waals surface area contributed by atoms with E-state index in [1.54, 1.807) is 6.07 Å². The summed E-state index contributed by atoms with van der Waals surface area (Å²) in [6.45, 7) is 3.67. The van der Waals surface area contributed by atoms with Crippen molar-refractivity contribution in [2.75, 3.05) is 11.9 Å². The predicted molar refractivity (Wildman–Crippen MR) is 63.2 cm³/mol. The Bertz CT molecular complexity index is 431. The summed E-state index contributed by atoms with van der Waals surface area (Å²) < 4.78 is 5.25. The Morgan fingerprint density at radius 3 is 2.76 bits per heavy atom. The van der Waals surface area contributed by atoms with Crippen LogP contribution in [-0.4, -0.2) is 17.4 Å². The Labute approximate surface area is 98.7 Å². The molecule has 0 radical (unpaired) electrons. The molecule has 0 atom stereocenters. The van der Waals surface area contributed by atoms with Crippen LogP contribution in [0, 0.1) is 10.1 Å². The molecule has 0 unspecified atom stereocenters. The fourth-order valence-corrected chi connectivity index (χ4v) is 1.28. The second-order valence-corrected chi connectivity index (χ2v) is 3.47. The lowest BCUT2D eigenvalue weighted by Crippen LogP contribution is -2.06. The van der Waals surface area contributed by atoms with E-state index in [9.17, 15) is 14.9 Å². The standard InChI is InChI=1S/C11H14N2O4/c1-3-6-17-11-5-4-9(12-8(2)14)7-10(11)13(15)16/h4-5,7H,3,6H2,1-2H3,(H,12,14). The molecule has 0 aliphatic rings. The Hall–Kier alpha value is -2.11. The van der Waals surface area contributed by atoms with E-state index in [1.807, 2.05) is 6.92 Å². The van der Waals surface area contributed by atoms with Crippen LogP contribution in [-0.2, 0) is 4.79 Å². The highest BCUT2D eigenvalue weighted by atomic mass is 16.6. The molecule has 92 valence electrons. The van der Waals surface area contributed by atoms with Gasteiger partial charge in [0.25, 0.3) is 0 Å². The van der Waals surface area contributed by atoms with Gasteiger partial charge in [0, 0.05) is 18.7 Å². The first kappa shape index (κ1) is 13.0. The van der Waals surface area contributed by atoms with E-state index in [-0.39, 0.29) is 17.3 Å². The third kappa shape index (κ3) is 3.75. The number of nitrogens with zero attached hydrogens (tertiary/aromatic N) is 1. The zero-order chi connectivity index (χ0) is 12.8. The highest BCUT2D eigenvalue weighted by Gasteiger charge is 2.16. The van der Waals surface area contributed by atoms with Gasteiger partial charge in [0.15, 0.2) is 5.75 Å². The van der Waals surface area contributed by atoms with Crippen molar-refractivity contribution in [2.45, 2.75) is 20.3 Å². The van der Waals surface area contributed by atoms with Crippen LogP contribution in [0.3, 0.4) is 0 Å². The van der Waals surface area contributed by atoms with Crippen molar-refractivity contribution < 1.29 is 14.5 Å². The molecule has 6 heteroatoms. The second-order valence-electron chi connectivity index (χ2n) is 3.47. The Morgan fingerprint density at radius 2 is 2.24 bits per heavy atom. The molecule has 1 aromatic carbocycles. The summed E-state index contributed by atoms with van der Waals surface area (Å²) in [7, 11) is 0. The lowest BCUT2D eigenvalue weighted by atomic mass is 10.2. The van der Waals surface area contributed by atoms with Gasteiger partial charge in [0.1, 0.15) is 0 Å². The maximum absolute atomic E-state index is 10.8. The van der Waals surface area contributed by atoms with Crippen LogP contribution >= 0.6 is 0 Å². The van der Waals surface area contributed by atoms with E-state index in [0.29, 0.717) is 12.3 Å². The van der Waals surface area contributed by atoms with E-state index < -0.39 is 4.92 Å². The summed E-state index contributed by atoms with van der Waals surface area (Å²) >= 11 is 0. The molecule has 6 nitrogen and oxygen atoms in total. The first-order chi connectivity index (χ1) is 8.04. The molecule has 0 spiro atoms. The third-order valence-electron chi connectivity index (χ3n) is 1.94. The average molecular weight is 238 g/mol. The minimum absolute atomic E-state index is 0.148. The summed E-state index contributed by atoms with van der Waals surface area (Å²) in [6.07, 6.45) is 0.768. The summed E-state index contributed by atoms with van der Waals surface area (Å²) in [6, 6.07) is 4.34. The maximum Gasteiger partial charge on any atom is 0.312 e. The summed E-state index contributed by atoms with van der Waals surface area (Å²) in [5.41, 5.74) is 0.234. The highest BCUT2D eigenvalue weighted by molar-refractivity contribution is 5.89. The molecule has 0 aliphatic heterocycles. The lowest BCUT2D eigenvalue weighted by Gasteiger charge is -2.07. The van der Waals surface area contributed by atoms with Crippen molar-refractivity contribution in [1.82, 2.24) is 0 Å². The van der Waals surface area contributed by atoms with Gasteiger partial charge in [-0.05, 0) is 18.6 Å². The molecule has 1 N–H and O–H groups in total. The molecule has 17 heavy (non-hydrogen) atoms. The molecule has 0 fully saturated rings. The first-order valence-electron chi connectivity index (χ1n) is 5.23. The van der Waals surface area contributed by atoms with Crippen LogP contribution in [0.15, 0.2) is 18.2 Å². The Kier molecular flexibility index (Phi) is 4.45. The van der Waals surface area contributed by atoms with Crippen LogP contribution in [0.1, 0.15) is 20.3 Å². The second kappa shape index (κ2) is 5.83. The normalized spacial score (nSPS) is 9.76. The van der Waals surface area contributed by atoms with Crippen molar-refractivity contribution >= 4 is 17.3 Å². The number of rotatable bonds is 5. The van der Waals surface area contributed by atoms with Gasteiger partial charge < -0.3 is 10.1 Å². The van der Waals surface area contributed by atoms with E-state index >= 15 is 0 Å². The number of anilines is 1. The summed E-state index contributed by atoms with van der Waals surface area (Å²) in [4.78, 5) is 21.1. The highest BCUT2D eigenvalue weighted by Crippen LogP contribution is 2.30. The fraction of sp³-hybridized carbons (Fsp3) is 0.364. The summed E-state index contributed by atoms with van der Waals surface area (Å²) in [5, 5.41) is 13.3. The lowest BCUT2D eigenvalue weighted by molar-refractivity contribution is -0.385. The molecule has 0 heterocycles. The predicted octanol–water partition coefficient (Wildman–Crippen LogP) is 2.34. The third-order valence-corrected chi connectivity index (χ3v) is 1.94. The number of benzene rings is 1. The number of nitro groups is 1. The van der Waals surface area contributed by atoms with Crippen LogP contribution in [0.25, 0.3) is 0 Å². The molecule has 0 saturated heterocycles. The van der Waals surface area contributed by atoms with Crippen molar-refractivity contribution in [2.24, 2.45) is 0 Å². The van der Waals surface area contributed by atoms with Gasteiger partial charge in [-0.2, -0.15) is 0 Å². The van der Waals surface area contributed by atoms with Gasteiger partial charge in [-0.25, -0.2) is 0 Å². The zero-order valence-corrected chi connectivity index (χ0v) is 9.73. The zero-order valence-electron chi connectivity index (χ0n) is 9.73. The first-order valence-corrected chi connectivity index (χ1v) is 5.23. The SMILES string of the molecule is CCCOc1ccc(NC(C)=O)cc1[N+](=O)[O-]. The summed E-state index contributed by atoms with van der Waals surface area (Å²) in [5.74, 6) is -0.0625. The quantitative estimate of drug-likeness (QED) is 0.630. The molecule has 1 amide bonds. The number of ether oxygens (including phenoxy) is 1. The number of carbonyl (C=O) groups is 1. The fourth-order valence-electron chi connectivity index (χ4n) is 1.28. The molecule has 0 aromatic heterocycles. The molecule has 1 rings (SSSR count). The van der Waals surface area contributed by atoms with Gasteiger partial charge in [0.05, 0.1) is 11.5 Å². The number of hydrogen-bond donors (Lipinski definition) is 1. The van der Waals surface area contributed by atoms with Crippen molar-refractivity contribution in [3.8, 4) is 5.75 Å². The minimum atomic E-state index is -0.531. The number of nitrogens with one attached hydrogen (secondary N) is 1. The number of hydrogen-bond acceptors (Lipinski definition) is 4. The van der Waals surface area contributed by atoms with E-state index in [0.717, 1.165) is 6.42 Å². The van der Waals surface area contributed by atoms with Gasteiger partial charge in [-0.3, -0.25) is 14.9 Å². The largest absolute Gasteiger partial charge is 0.487 e. The smallest absolute Gasteiger partial charge is 0.312 e. The maximum atomic E-state index is 10.8. The number of carbonyl (C=O) groups excluding carboxylic acids is 1. The van der Waals surface area contributed by atoms with Crippen LogP contribution in [0.5, 0.6) is 5.75 Å². The van der Waals surface area contributed by atoms with Gasteiger partial charge in [0.2, 0.25) is 5.91 Å². The van der Waals surface area contributed by atoms with Gasteiger partial charge in [-0.15, -0.1) is 0 Å². The topological polar surface area (TPSA) is 81.5 Å².